The lowest BCUT2D eigenvalue weighted by Gasteiger charge is -2.26. The number of carbonyl (C=O) groups is 5. The molecule has 1 aromatic rings. The molecule has 0 saturated heterocycles. The van der Waals surface area contributed by atoms with Crippen molar-refractivity contribution >= 4 is 29.6 Å². The van der Waals surface area contributed by atoms with E-state index in [1.165, 1.54) is 0 Å². The first-order valence-electron chi connectivity index (χ1n) is 11.9. The molecule has 0 spiro atoms. The number of carboxylic acids is 1. The standard InChI is InChI=1S/C24H38N6O6/c1-14(2)20(27)23(34)29-17(12-15-8-4-3-5-9-15)22(33)28-16(10-6-7-11-25)21(32)30-18(24(35)36)13-19(26)31/h3-5,8-9,14,16-18,20H,6-7,10-13,25,27H2,1-2H3,(H2,26,31)(H,28,33)(H,29,34)(H,30,32)(H,35,36). The second kappa shape index (κ2) is 15.5. The van der Waals surface area contributed by atoms with E-state index in [1.54, 1.807) is 38.1 Å². The highest BCUT2D eigenvalue weighted by molar-refractivity contribution is 5.95. The third-order valence-corrected chi connectivity index (χ3v) is 5.54. The third kappa shape index (κ3) is 10.8. The van der Waals surface area contributed by atoms with Crippen LogP contribution in [0.4, 0.5) is 0 Å². The van der Waals surface area contributed by atoms with Gasteiger partial charge in [-0.2, -0.15) is 0 Å². The van der Waals surface area contributed by atoms with Gasteiger partial charge in [-0.1, -0.05) is 44.2 Å². The molecule has 36 heavy (non-hydrogen) atoms. The van der Waals surface area contributed by atoms with Crippen LogP contribution in [0, 0.1) is 5.92 Å². The molecule has 4 unspecified atom stereocenters. The number of rotatable bonds is 16. The molecule has 1 aromatic carbocycles. The van der Waals surface area contributed by atoms with Gasteiger partial charge in [-0.05, 0) is 37.3 Å². The van der Waals surface area contributed by atoms with Crippen LogP contribution in [0.3, 0.4) is 0 Å². The van der Waals surface area contributed by atoms with Crippen LogP contribution in [0.1, 0.15) is 45.1 Å². The maximum Gasteiger partial charge on any atom is 0.326 e. The Morgan fingerprint density at radius 2 is 1.42 bits per heavy atom. The van der Waals surface area contributed by atoms with Gasteiger partial charge >= 0.3 is 5.97 Å². The van der Waals surface area contributed by atoms with Crippen LogP contribution in [0.25, 0.3) is 0 Å². The van der Waals surface area contributed by atoms with Gasteiger partial charge in [-0.3, -0.25) is 19.2 Å². The van der Waals surface area contributed by atoms with Crippen molar-refractivity contribution < 1.29 is 29.1 Å². The van der Waals surface area contributed by atoms with Gasteiger partial charge in [0.1, 0.15) is 18.1 Å². The minimum atomic E-state index is -1.55. The molecule has 12 heteroatoms. The summed E-state index contributed by atoms with van der Waals surface area (Å²) in [6.07, 6.45) is 0.729. The molecule has 4 amide bonds. The number of amides is 4. The molecule has 0 aliphatic rings. The van der Waals surface area contributed by atoms with Crippen molar-refractivity contribution in [2.75, 3.05) is 6.54 Å². The number of hydrogen-bond acceptors (Lipinski definition) is 7. The van der Waals surface area contributed by atoms with Gasteiger partial charge in [-0.15, -0.1) is 0 Å². The van der Waals surface area contributed by atoms with Crippen molar-refractivity contribution in [3.8, 4) is 0 Å². The van der Waals surface area contributed by atoms with Crippen molar-refractivity contribution in [3.63, 3.8) is 0 Å². The van der Waals surface area contributed by atoms with Crippen molar-refractivity contribution in [1.29, 1.82) is 0 Å². The highest BCUT2D eigenvalue weighted by Gasteiger charge is 2.31. The van der Waals surface area contributed by atoms with E-state index >= 15 is 0 Å². The molecule has 0 aliphatic carbocycles. The molecule has 10 N–H and O–H groups in total. The van der Waals surface area contributed by atoms with Gasteiger partial charge in [0.25, 0.3) is 0 Å². The normalized spacial score (nSPS) is 14.2. The summed E-state index contributed by atoms with van der Waals surface area (Å²) in [5, 5.41) is 16.8. The summed E-state index contributed by atoms with van der Waals surface area (Å²) in [6.45, 7) is 3.92. The lowest BCUT2D eigenvalue weighted by molar-refractivity contribution is -0.143. The molecule has 12 nitrogen and oxygen atoms in total. The number of primary amides is 1. The van der Waals surface area contributed by atoms with Crippen molar-refractivity contribution in [2.24, 2.45) is 23.1 Å². The fourth-order valence-corrected chi connectivity index (χ4v) is 3.34. The average Bonchev–Trinajstić information content (AvgIpc) is 2.82. The Labute approximate surface area is 210 Å². The van der Waals surface area contributed by atoms with E-state index in [9.17, 15) is 29.1 Å². The van der Waals surface area contributed by atoms with E-state index in [0.29, 0.717) is 19.4 Å². The first-order valence-corrected chi connectivity index (χ1v) is 11.9. The maximum atomic E-state index is 13.3. The number of unbranched alkanes of at least 4 members (excludes halogenated alkanes) is 1. The first-order chi connectivity index (χ1) is 17.0. The predicted octanol–water partition coefficient (Wildman–Crippen LogP) is -1.24. The van der Waals surface area contributed by atoms with Crippen molar-refractivity contribution in [2.45, 2.75) is 70.1 Å². The van der Waals surface area contributed by atoms with Crippen molar-refractivity contribution in [3.05, 3.63) is 35.9 Å². The zero-order valence-electron chi connectivity index (χ0n) is 20.7. The van der Waals surface area contributed by atoms with Crippen LogP contribution in [0.15, 0.2) is 30.3 Å². The SMILES string of the molecule is CC(C)C(N)C(=O)NC(Cc1ccccc1)C(=O)NC(CCCCN)C(=O)NC(CC(N)=O)C(=O)O. The second-order valence-corrected chi connectivity index (χ2v) is 8.94. The summed E-state index contributed by atoms with van der Waals surface area (Å²) in [4.78, 5) is 61.4. The summed E-state index contributed by atoms with van der Waals surface area (Å²) in [7, 11) is 0. The zero-order valence-corrected chi connectivity index (χ0v) is 20.7. The van der Waals surface area contributed by atoms with Gasteiger partial charge in [0.05, 0.1) is 12.5 Å². The summed E-state index contributed by atoms with van der Waals surface area (Å²) in [5.74, 6) is -4.46. The van der Waals surface area contributed by atoms with E-state index in [2.05, 4.69) is 16.0 Å². The monoisotopic (exact) mass is 506 g/mol. The maximum absolute atomic E-state index is 13.3. The Morgan fingerprint density at radius 1 is 0.861 bits per heavy atom. The Hall–Kier alpha value is -3.51. The Kier molecular flexibility index (Phi) is 13.1. The van der Waals surface area contributed by atoms with E-state index in [-0.39, 0.29) is 18.8 Å². The first kappa shape index (κ1) is 30.5. The number of carboxylic acid groups (broad SMARTS) is 1. The highest BCUT2D eigenvalue weighted by atomic mass is 16.4. The predicted molar refractivity (Wildman–Crippen MR) is 133 cm³/mol. The summed E-state index contributed by atoms with van der Waals surface area (Å²) in [6, 6.07) is 4.41. The Balaban J connectivity index is 3.11. The van der Waals surface area contributed by atoms with Gasteiger partial charge in [0.15, 0.2) is 0 Å². The zero-order chi connectivity index (χ0) is 27.3. The molecule has 4 atom stereocenters. The molecule has 0 fully saturated rings. The largest absolute Gasteiger partial charge is 0.480 e. The number of aliphatic carboxylic acids is 1. The fourth-order valence-electron chi connectivity index (χ4n) is 3.34. The number of hydrogen-bond donors (Lipinski definition) is 7. The minimum absolute atomic E-state index is 0.139. The van der Waals surface area contributed by atoms with E-state index in [4.69, 9.17) is 17.2 Å². The second-order valence-electron chi connectivity index (χ2n) is 8.94. The quantitative estimate of drug-likeness (QED) is 0.134. The molecule has 0 bridgehead atoms. The van der Waals surface area contributed by atoms with Crippen LogP contribution in [-0.4, -0.2) is 65.4 Å². The molecular formula is C24H38N6O6. The van der Waals surface area contributed by atoms with Gasteiger partial charge < -0.3 is 38.3 Å². The summed E-state index contributed by atoms with van der Waals surface area (Å²) in [5.41, 5.74) is 17.3. The lowest BCUT2D eigenvalue weighted by atomic mass is 10.0. The van der Waals surface area contributed by atoms with E-state index in [1.807, 2.05) is 6.07 Å². The Bertz CT molecular complexity index is 894. The lowest BCUT2D eigenvalue weighted by Crippen LogP contribution is -2.58. The van der Waals surface area contributed by atoms with Crippen LogP contribution in [-0.2, 0) is 30.4 Å². The number of nitrogens with two attached hydrogens (primary N) is 3. The van der Waals surface area contributed by atoms with Crippen LogP contribution in [0.5, 0.6) is 0 Å². The minimum Gasteiger partial charge on any atom is -0.480 e. The molecule has 0 aliphatic heterocycles. The number of benzene rings is 1. The molecule has 0 radical (unpaired) electrons. The third-order valence-electron chi connectivity index (χ3n) is 5.54. The van der Waals surface area contributed by atoms with Gasteiger partial charge in [0, 0.05) is 6.42 Å². The fraction of sp³-hybridized carbons (Fsp3) is 0.542. The smallest absolute Gasteiger partial charge is 0.326 e. The topological polar surface area (TPSA) is 220 Å². The molecule has 0 saturated carbocycles. The molecule has 0 aromatic heterocycles. The summed E-state index contributed by atoms with van der Waals surface area (Å²) >= 11 is 0. The molecular weight excluding hydrogens is 468 g/mol. The average molecular weight is 507 g/mol. The summed E-state index contributed by atoms with van der Waals surface area (Å²) < 4.78 is 0. The van der Waals surface area contributed by atoms with Gasteiger partial charge in [-0.25, -0.2) is 4.79 Å². The van der Waals surface area contributed by atoms with Crippen LogP contribution in [0.2, 0.25) is 0 Å². The van der Waals surface area contributed by atoms with Crippen LogP contribution < -0.4 is 33.2 Å². The molecule has 0 heterocycles. The molecule has 1 rings (SSSR count). The van der Waals surface area contributed by atoms with E-state index < -0.39 is 60.2 Å². The van der Waals surface area contributed by atoms with Crippen molar-refractivity contribution in [1.82, 2.24) is 16.0 Å². The van der Waals surface area contributed by atoms with E-state index in [0.717, 1.165) is 5.56 Å². The van der Waals surface area contributed by atoms with Crippen LogP contribution >= 0.6 is 0 Å². The number of nitrogens with one attached hydrogen (secondary N) is 3. The Morgan fingerprint density at radius 3 is 1.94 bits per heavy atom. The molecule has 200 valence electrons. The van der Waals surface area contributed by atoms with Gasteiger partial charge in [0.2, 0.25) is 23.6 Å². The highest BCUT2D eigenvalue weighted by Crippen LogP contribution is 2.08. The number of carbonyl (C=O) groups excluding carboxylic acids is 4.